The molecule has 2 aromatic rings. The van der Waals surface area contributed by atoms with Crippen molar-refractivity contribution in [3.05, 3.63) is 102 Å². The zero-order valence-corrected chi connectivity index (χ0v) is 42.8. The second-order valence-corrected chi connectivity index (χ2v) is 25.6. The number of carbonyl (C=O) groups is 1. The van der Waals surface area contributed by atoms with Crippen LogP contribution in [0.1, 0.15) is 117 Å². The van der Waals surface area contributed by atoms with Gasteiger partial charge in [-0.25, -0.2) is 0 Å². The predicted octanol–water partition coefficient (Wildman–Crippen LogP) is 11.0. The normalized spacial score (nSPS) is 26.1. The molecule has 1 N–H and O–H groups in total. The Kier molecular flexibility index (Phi) is 20.0. The maximum atomic E-state index is 14.0. The van der Waals surface area contributed by atoms with Gasteiger partial charge in [-0.1, -0.05) is 114 Å². The van der Waals surface area contributed by atoms with Crippen molar-refractivity contribution in [3.8, 4) is 5.75 Å². The Bertz CT molecular complexity index is 1860. The van der Waals surface area contributed by atoms with E-state index < -0.39 is 19.5 Å². The molecule has 9 atom stereocenters. The summed E-state index contributed by atoms with van der Waals surface area (Å²) in [6, 6.07) is 17.9. The summed E-state index contributed by atoms with van der Waals surface area (Å²) < 4.78 is 57.3. The van der Waals surface area contributed by atoms with Gasteiger partial charge in [0.2, 0.25) is 5.79 Å². The number of benzene rings is 2. The second kappa shape index (κ2) is 24.5. The van der Waals surface area contributed by atoms with E-state index in [1.54, 1.807) is 14.2 Å². The lowest BCUT2D eigenvalue weighted by Gasteiger charge is -2.48. The first-order chi connectivity index (χ1) is 31.3. The molecular formula is C54H82O11Si. The number of ether oxygens (including phenoxy) is 8. The van der Waals surface area contributed by atoms with Gasteiger partial charge < -0.3 is 47.4 Å². The average molecular weight is 935 g/mol. The van der Waals surface area contributed by atoms with E-state index in [9.17, 15) is 9.90 Å². The van der Waals surface area contributed by atoms with Crippen LogP contribution >= 0.6 is 0 Å². The monoisotopic (exact) mass is 935 g/mol. The number of aliphatic hydroxyl groups is 1. The molecule has 2 aromatic carbocycles. The molecule has 0 aromatic heterocycles. The van der Waals surface area contributed by atoms with Crippen molar-refractivity contribution in [1.29, 1.82) is 0 Å². The second-order valence-electron chi connectivity index (χ2n) is 20.8. The van der Waals surface area contributed by atoms with E-state index in [1.807, 2.05) is 81.4 Å². The Labute approximate surface area is 397 Å². The lowest BCUT2D eigenvalue weighted by Crippen LogP contribution is -2.59. The molecule has 12 heteroatoms. The number of hydrogen-bond acceptors (Lipinski definition) is 11. The molecule has 3 fully saturated rings. The molecule has 0 saturated carbocycles. The van der Waals surface area contributed by atoms with Gasteiger partial charge in [-0.15, -0.1) is 0 Å². The Hall–Kier alpha value is -3.01. The van der Waals surface area contributed by atoms with Gasteiger partial charge in [0.05, 0.1) is 69.2 Å². The number of methoxy groups -OCH3 is 2. The quantitative estimate of drug-likeness (QED) is 0.0469. The molecule has 0 radical (unpaired) electrons. The molecule has 0 amide bonds. The van der Waals surface area contributed by atoms with Gasteiger partial charge in [-0.3, -0.25) is 4.79 Å². The molecule has 3 aliphatic heterocycles. The van der Waals surface area contributed by atoms with E-state index in [4.69, 9.17) is 42.3 Å². The van der Waals surface area contributed by atoms with Gasteiger partial charge in [0, 0.05) is 44.8 Å². The van der Waals surface area contributed by atoms with Crippen LogP contribution < -0.4 is 4.74 Å². The lowest BCUT2D eigenvalue weighted by atomic mass is 9.76. The molecule has 0 unspecified atom stereocenters. The summed E-state index contributed by atoms with van der Waals surface area (Å²) in [7, 11) is 0.979. The third-order valence-electron chi connectivity index (χ3n) is 14.0. The summed E-state index contributed by atoms with van der Waals surface area (Å²) in [6.07, 6.45) is 8.78. The maximum Gasteiger partial charge on any atom is 0.237 e. The van der Waals surface area contributed by atoms with Gasteiger partial charge in [0.15, 0.2) is 14.1 Å². The topological polar surface area (TPSA) is 120 Å². The number of ketones is 1. The highest BCUT2D eigenvalue weighted by Gasteiger charge is 2.55. The zero-order valence-electron chi connectivity index (χ0n) is 41.8. The Morgan fingerprint density at radius 1 is 0.848 bits per heavy atom. The van der Waals surface area contributed by atoms with E-state index in [-0.39, 0.29) is 73.1 Å². The summed E-state index contributed by atoms with van der Waals surface area (Å²) in [5.74, 6) is -0.799. The number of rotatable bonds is 24. The predicted molar refractivity (Wildman–Crippen MR) is 262 cm³/mol. The Balaban J connectivity index is 1.21. The highest BCUT2D eigenvalue weighted by atomic mass is 28.4. The van der Waals surface area contributed by atoms with Crippen LogP contribution in [0.3, 0.4) is 0 Å². The van der Waals surface area contributed by atoms with Crippen LogP contribution in [0.4, 0.5) is 0 Å². The molecule has 66 heavy (non-hydrogen) atoms. The van der Waals surface area contributed by atoms with E-state index >= 15 is 0 Å². The summed E-state index contributed by atoms with van der Waals surface area (Å²) in [5, 5.41) is 9.84. The minimum Gasteiger partial charge on any atom is -0.497 e. The highest BCUT2D eigenvalue weighted by Crippen LogP contribution is 2.45. The largest absolute Gasteiger partial charge is 0.497 e. The molecule has 0 bridgehead atoms. The van der Waals surface area contributed by atoms with Crippen molar-refractivity contribution in [3.63, 3.8) is 0 Å². The van der Waals surface area contributed by atoms with Crippen LogP contribution in [0.5, 0.6) is 5.75 Å². The fraction of sp³-hybridized carbons (Fsp3) is 0.648. The van der Waals surface area contributed by atoms with Crippen LogP contribution in [-0.2, 0) is 55.6 Å². The van der Waals surface area contributed by atoms with Gasteiger partial charge in [0.1, 0.15) is 12.5 Å². The van der Waals surface area contributed by atoms with Crippen LogP contribution in [-0.4, -0.2) is 101 Å². The first-order valence-electron chi connectivity index (χ1n) is 24.1. The number of hydrogen-bond donors (Lipinski definition) is 1. The molecule has 0 aliphatic carbocycles. The van der Waals surface area contributed by atoms with Crippen LogP contribution in [0.15, 0.2) is 91.1 Å². The van der Waals surface area contributed by atoms with Gasteiger partial charge in [0.25, 0.3) is 0 Å². The van der Waals surface area contributed by atoms with Crippen LogP contribution in [0, 0.1) is 5.41 Å². The molecule has 3 aliphatic rings. The molecular weight excluding hydrogens is 853 g/mol. The third-order valence-corrected chi connectivity index (χ3v) is 18.5. The van der Waals surface area contributed by atoms with E-state index in [1.165, 1.54) is 0 Å². The van der Waals surface area contributed by atoms with E-state index in [0.29, 0.717) is 58.2 Å². The van der Waals surface area contributed by atoms with Crippen molar-refractivity contribution in [2.45, 2.75) is 192 Å². The van der Waals surface area contributed by atoms with Crippen molar-refractivity contribution >= 4 is 14.1 Å². The number of Topliss-reactive ketones (excluding diaryl/α,β-unsaturated/α-hetero) is 1. The molecule has 3 saturated heterocycles. The summed E-state index contributed by atoms with van der Waals surface area (Å²) in [5.41, 5.74) is 3.53. The Morgan fingerprint density at radius 3 is 2.15 bits per heavy atom. The lowest BCUT2D eigenvalue weighted by molar-refractivity contribution is -0.285. The van der Waals surface area contributed by atoms with Gasteiger partial charge >= 0.3 is 0 Å². The molecule has 11 nitrogen and oxygen atoms in total. The van der Waals surface area contributed by atoms with Crippen LogP contribution in [0.2, 0.25) is 18.1 Å². The minimum atomic E-state index is -2.24. The smallest absolute Gasteiger partial charge is 0.237 e. The van der Waals surface area contributed by atoms with Gasteiger partial charge in [-0.2, -0.15) is 0 Å². The first-order valence-corrected chi connectivity index (χ1v) is 27.0. The average Bonchev–Trinajstić information content (AvgIpc) is 3.26. The van der Waals surface area contributed by atoms with Crippen molar-refractivity contribution in [1.82, 2.24) is 0 Å². The van der Waals surface area contributed by atoms with Crippen molar-refractivity contribution in [2.24, 2.45) is 5.41 Å². The van der Waals surface area contributed by atoms with E-state index in [0.717, 1.165) is 47.3 Å². The van der Waals surface area contributed by atoms with E-state index in [2.05, 4.69) is 53.1 Å². The third kappa shape index (κ3) is 15.2. The van der Waals surface area contributed by atoms with Crippen molar-refractivity contribution < 1.29 is 52.2 Å². The summed E-state index contributed by atoms with van der Waals surface area (Å²) in [4.78, 5) is 14.0. The standard InChI is InChI=1S/C54H82O11Si/c1-38-28-45(62-48(29-38)33-49-31-39(2)30-47(63-49)32-44(25-27-55)60-36-42-18-20-43(57-9)21-19-42)24-26-53(7,8)54(58-10)51(56)23-22-46(64-54)34-50(65-66(11,12)52(4,5)6)40(3)61-37-59-35-41-16-14-13-15-17-41/h13-21,24,26,40,44-50,55H,1-2,22-23,25,27-37H2,3-12H3/t40-,44+,45+,46+,47+,48+,49-,50-,54-/m1/s1. The van der Waals surface area contributed by atoms with Crippen LogP contribution in [0.25, 0.3) is 0 Å². The highest BCUT2D eigenvalue weighted by molar-refractivity contribution is 6.74. The Morgan fingerprint density at radius 2 is 1.50 bits per heavy atom. The fourth-order valence-corrected chi connectivity index (χ4v) is 10.5. The minimum absolute atomic E-state index is 0.0218. The molecule has 0 spiro atoms. The SMILES string of the molecule is C=C1C[C@H](C[C@@H]2CC(=C)C[C@H](C=CC(C)(C)[C@]3(OC)O[C@H](C[C@@H](O[Si](C)(C)C(C)(C)C)[C@@H](C)OCOCc4ccccc4)CCC3=O)O2)O[C@H](C[C@H](CCO)OCc2ccc(OC)cc2)C1. The number of aliphatic hydroxyl groups excluding tert-OH is 1. The maximum absolute atomic E-state index is 14.0. The van der Waals surface area contributed by atoms with Gasteiger partial charge in [-0.05, 0) is 86.8 Å². The summed E-state index contributed by atoms with van der Waals surface area (Å²) in [6.45, 7) is 27.1. The fourth-order valence-electron chi connectivity index (χ4n) is 9.12. The summed E-state index contributed by atoms with van der Waals surface area (Å²) >= 11 is 0. The molecule has 368 valence electrons. The van der Waals surface area contributed by atoms with Crippen molar-refractivity contribution in [2.75, 3.05) is 27.6 Å². The zero-order chi connectivity index (χ0) is 48.1. The first kappa shape index (κ1) is 53.9. The molecule has 5 rings (SSSR count). The number of carbonyl (C=O) groups excluding carboxylic acids is 1. The molecule has 3 heterocycles.